The first-order valence-corrected chi connectivity index (χ1v) is 8.06. The number of nitrogens with two attached hydrogens (primary N) is 1. The maximum Gasteiger partial charge on any atom is 0.275 e. The van der Waals surface area contributed by atoms with Crippen molar-refractivity contribution in [2.24, 2.45) is 5.73 Å². The first-order valence-electron chi connectivity index (χ1n) is 7.18. The number of aromatic nitrogens is 1. The second kappa shape index (κ2) is 9.17. The van der Waals surface area contributed by atoms with Crippen molar-refractivity contribution >= 4 is 53.4 Å². The summed E-state index contributed by atoms with van der Waals surface area (Å²) in [7, 11) is 0. The molecular weight excluding hydrogens is 374 g/mol. The fraction of sp³-hybridized carbons (Fsp3) is 0.333. The fourth-order valence-electron chi connectivity index (χ4n) is 2.54. The highest BCUT2D eigenvalue weighted by molar-refractivity contribution is 7.09. The van der Waals surface area contributed by atoms with E-state index >= 15 is 0 Å². The van der Waals surface area contributed by atoms with Crippen molar-refractivity contribution in [2.45, 2.75) is 19.4 Å². The Morgan fingerprint density at radius 2 is 2.04 bits per heavy atom. The van der Waals surface area contributed by atoms with Crippen molar-refractivity contribution in [3.63, 3.8) is 0 Å². The van der Waals surface area contributed by atoms with Crippen LogP contribution < -0.4 is 16.0 Å². The van der Waals surface area contributed by atoms with Gasteiger partial charge < -0.3 is 16.0 Å². The van der Waals surface area contributed by atoms with Crippen LogP contribution in [0.2, 0.25) is 0 Å². The summed E-state index contributed by atoms with van der Waals surface area (Å²) in [4.78, 5) is 18.5. The topological polar surface area (TPSA) is 71.2 Å². The lowest BCUT2D eigenvalue weighted by atomic mass is 10.2. The number of nitrogens with zero attached hydrogens (tertiary/aromatic N) is 2. The number of amides is 1. The number of hydrogen-bond donors (Lipinski definition) is 2. The molecule has 5 nitrogen and oxygen atoms in total. The van der Waals surface area contributed by atoms with Gasteiger partial charge in [0.1, 0.15) is 22.2 Å². The number of carbonyl (C=O) groups excluding carboxylic acids is 1. The first kappa shape index (κ1) is 20.6. The first-order chi connectivity index (χ1) is 10.7. The summed E-state index contributed by atoms with van der Waals surface area (Å²) in [5.41, 5.74) is 6.70. The Morgan fingerprint density at radius 3 is 2.67 bits per heavy atom. The molecule has 2 heterocycles. The van der Waals surface area contributed by atoms with Crippen LogP contribution in [-0.4, -0.2) is 24.0 Å². The van der Waals surface area contributed by atoms with Crippen LogP contribution in [0.4, 0.5) is 15.8 Å². The van der Waals surface area contributed by atoms with E-state index in [9.17, 15) is 9.18 Å². The molecule has 0 radical (unpaired) electrons. The molecule has 0 aliphatic carbocycles. The zero-order chi connectivity index (χ0) is 15.5. The summed E-state index contributed by atoms with van der Waals surface area (Å²) in [6.45, 7) is 2.04. The van der Waals surface area contributed by atoms with E-state index in [1.54, 1.807) is 11.4 Å². The Hall–Kier alpha value is -1.41. The molecule has 1 aromatic carbocycles. The molecule has 9 heteroatoms. The van der Waals surface area contributed by atoms with Gasteiger partial charge in [-0.1, -0.05) is 6.07 Å². The number of rotatable bonds is 4. The van der Waals surface area contributed by atoms with Gasteiger partial charge in [0.15, 0.2) is 0 Å². The molecule has 3 rings (SSSR count). The van der Waals surface area contributed by atoms with Crippen molar-refractivity contribution in [2.75, 3.05) is 23.3 Å². The lowest BCUT2D eigenvalue weighted by molar-refractivity contribution is 0.102. The third kappa shape index (κ3) is 4.36. The van der Waals surface area contributed by atoms with Crippen molar-refractivity contribution in [1.29, 1.82) is 0 Å². The van der Waals surface area contributed by atoms with E-state index in [1.165, 1.54) is 17.4 Å². The number of benzene rings is 1. The number of anilines is 2. The van der Waals surface area contributed by atoms with Crippen LogP contribution in [0.1, 0.15) is 28.3 Å². The normalized spacial score (nSPS) is 13.2. The number of thiazole rings is 1. The number of hydrogen-bond acceptors (Lipinski definition) is 5. The average molecular weight is 393 g/mol. The van der Waals surface area contributed by atoms with Crippen LogP contribution in [0.15, 0.2) is 23.6 Å². The molecular formula is C15H19Cl2FN4OS. The molecule has 0 saturated carbocycles. The molecule has 0 spiro atoms. The second-order valence-electron chi connectivity index (χ2n) is 5.11. The van der Waals surface area contributed by atoms with Crippen LogP contribution in [0, 0.1) is 5.82 Å². The van der Waals surface area contributed by atoms with Crippen LogP contribution in [-0.2, 0) is 6.54 Å². The number of nitrogens with one attached hydrogen (secondary N) is 1. The molecule has 0 bridgehead atoms. The fourth-order valence-corrected chi connectivity index (χ4v) is 3.20. The minimum absolute atomic E-state index is 0. The van der Waals surface area contributed by atoms with Gasteiger partial charge in [0.2, 0.25) is 0 Å². The Kier molecular flexibility index (Phi) is 7.89. The van der Waals surface area contributed by atoms with E-state index in [0.29, 0.717) is 5.01 Å². The van der Waals surface area contributed by atoms with E-state index in [0.717, 1.165) is 31.6 Å². The lowest BCUT2D eigenvalue weighted by Gasteiger charge is -2.21. The highest BCUT2D eigenvalue weighted by Gasteiger charge is 2.20. The average Bonchev–Trinajstić information content (AvgIpc) is 3.20. The molecule has 1 aliphatic heterocycles. The van der Waals surface area contributed by atoms with E-state index < -0.39 is 11.7 Å². The van der Waals surface area contributed by atoms with Gasteiger partial charge in [-0.25, -0.2) is 9.37 Å². The Bertz CT molecular complexity index is 692. The second-order valence-corrected chi connectivity index (χ2v) is 6.06. The molecule has 1 aromatic heterocycles. The standard InChI is InChI=1S/C15H17FN4OS.2ClH/c16-10-4-3-5-12(20-6-1-2-7-20)14(10)19-15(21)11-9-22-13(8-17)18-11;;/h3-5,9H,1-2,6-8,17H2,(H,19,21);2*1H. The van der Waals surface area contributed by atoms with E-state index in [4.69, 9.17) is 5.73 Å². The Morgan fingerprint density at radius 1 is 1.33 bits per heavy atom. The van der Waals surface area contributed by atoms with Gasteiger partial charge in [0.05, 0.1) is 5.69 Å². The van der Waals surface area contributed by atoms with Gasteiger partial charge in [0.25, 0.3) is 5.91 Å². The summed E-state index contributed by atoms with van der Waals surface area (Å²) in [5, 5.41) is 4.97. The van der Waals surface area contributed by atoms with Gasteiger partial charge in [-0.3, -0.25) is 4.79 Å². The molecule has 1 amide bonds. The third-order valence-electron chi connectivity index (χ3n) is 3.64. The molecule has 0 unspecified atom stereocenters. The summed E-state index contributed by atoms with van der Waals surface area (Å²) in [6, 6.07) is 4.84. The predicted octanol–water partition coefficient (Wildman–Crippen LogP) is 3.44. The van der Waals surface area contributed by atoms with Gasteiger partial charge in [0, 0.05) is 25.0 Å². The zero-order valence-corrected chi connectivity index (χ0v) is 15.3. The molecule has 1 fully saturated rings. The van der Waals surface area contributed by atoms with Crippen LogP contribution in [0.3, 0.4) is 0 Å². The van der Waals surface area contributed by atoms with Gasteiger partial charge in [-0.2, -0.15) is 0 Å². The van der Waals surface area contributed by atoms with Gasteiger partial charge in [-0.15, -0.1) is 36.2 Å². The molecule has 2 aromatic rings. The maximum absolute atomic E-state index is 14.2. The Balaban J connectivity index is 0.00000144. The number of halogens is 3. The van der Waals surface area contributed by atoms with Gasteiger partial charge in [-0.05, 0) is 25.0 Å². The van der Waals surface area contributed by atoms with Crippen molar-refractivity contribution < 1.29 is 9.18 Å². The largest absolute Gasteiger partial charge is 0.370 e. The van der Waals surface area contributed by atoms with Crippen LogP contribution in [0.5, 0.6) is 0 Å². The summed E-state index contributed by atoms with van der Waals surface area (Å²) in [6.07, 6.45) is 2.16. The molecule has 24 heavy (non-hydrogen) atoms. The van der Waals surface area contributed by atoms with E-state index in [1.807, 2.05) is 6.07 Å². The number of carbonyl (C=O) groups is 1. The van der Waals surface area contributed by atoms with E-state index in [2.05, 4.69) is 15.2 Å². The zero-order valence-electron chi connectivity index (χ0n) is 12.8. The molecule has 3 N–H and O–H groups in total. The number of para-hydroxylation sites is 1. The van der Waals surface area contributed by atoms with Gasteiger partial charge >= 0.3 is 0 Å². The highest BCUT2D eigenvalue weighted by atomic mass is 35.5. The maximum atomic E-state index is 14.2. The third-order valence-corrected chi connectivity index (χ3v) is 4.51. The SMILES string of the molecule is Cl.Cl.NCc1nc(C(=O)Nc2c(F)cccc2N2CCCC2)cs1. The highest BCUT2D eigenvalue weighted by Crippen LogP contribution is 2.31. The summed E-state index contributed by atoms with van der Waals surface area (Å²) < 4.78 is 14.2. The Labute approximate surface area is 156 Å². The summed E-state index contributed by atoms with van der Waals surface area (Å²) in [5.74, 6) is -0.853. The lowest BCUT2D eigenvalue weighted by Crippen LogP contribution is -2.22. The minimum Gasteiger partial charge on any atom is -0.370 e. The van der Waals surface area contributed by atoms with Crippen molar-refractivity contribution in [3.8, 4) is 0 Å². The predicted molar refractivity (Wildman–Crippen MR) is 100 cm³/mol. The smallest absolute Gasteiger partial charge is 0.275 e. The molecule has 0 atom stereocenters. The monoisotopic (exact) mass is 392 g/mol. The molecule has 1 saturated heterocycles. The van der Waals surface area contributed by atoms with Crippen LogP contribution >= 0.6 is 36.2 Å². The van der Waals surface area contributed by atoms with E-state index in [-0.39, 0.29) is 42.7 Å². The summed E-state index contributed by atoms with van der Waals surface area (Å²) >= 11 is 1.32. The van der Waals surface area contributed by atoms with Crippen molar-refractivity contribution in [1.82, 2.24) is 4.98 Å². The molecule has 132 valence electrons. The van der Waals surface area contributed by atoms with Crippen LogP contribution in [0.25, 0.3) is 0 Å². The molecule has 1 aliphatic rings. The minimum atomic E-state index is -0.438. The quantitative estimate of drug-likeness (QED) is 0.835. The van der Waals surface area contributed by atoms with Crippen molar-refractivity contribution in [3.05, 3.63) is 40.1 Å².